The third-order valence-corrected chi connectivity index (χ3v) is 2.57. The molecule has 17 heavy (non-hydrogen) atoms. The van der Waals surface area contributed by atoms with E-state index in [2.05, 4.69) is 5.32 Å². The van der Waals surface area contributed by atoms with E-state index >= 15 is 0 Å². The van der Waals surface area contributed by atoms with Gasteiger partial charge in [-0.25, -0.2) is 4.79 Å². The lowest BCUT2D eigenvalue weighted by Crippen LogP contribution is -2.46. The first-order chi connectivity index (χ1) is 7.85. The van der Waals surface area contributed by atoms with E-state index in [4.69, 9.17) is 14.9 Å². The number of carboxylic acids is 1. The maximum atomic E-state index is 11.6. The number of carboxylic acid groups (broad SMARTS) is 1. The molecule has 7 nitrogen and oxygen atoms in total. The zero-order valence-corrected chi connectivity index (χ0v) is 9.55. The van der Waals surface area contributed by atoms with Crippen LogP contribution >= 0.6 is 0 Å². The van der Waals surface area contributed by atoms with E-state index < -0.39 is 36.3 Å². The molecule has 1 heterocycles. The Morgan fingerprint density at radius 3 is 2.47 bits per heavy atom. The molecular weight excluding hydrogens is 230 g/mol. The normalized spacial score (nSPS) is 27.5. The van der Waals surface area contributed by atoms with Crippen molar-refractivity contribution < 1.29 is 29.6 Å². The summed E-state index contributed by atoms with van der Waals surface area (Å²) in [7, 11) is 0. The third kappa shape index (κ3) is 3.95. The van der Waals surface area contributed by atoms with Gasteiger partial charge in [0.2, 0.25) is 5.91 Å². The Morgan fingerprint density at radius 2 is 2.00 bits per heavy atom. The van der Waals surface area contributed by atoms with Crippen LogP contribution in [0.1, 0.15) is 19.8 Å². The van der Waals surface area contributed by atoms with Crippen molar-refractivity contribution in [2.24, 2.45) is 0 Å². The smallest absolute Gasteiger partial charge is 0.332 e. The van der Waals surface area contributed by atoms with Crippen molar-refractivity contribution in [1.82, 2.24) is 5.32 Å². The van der Waals surface area contributed by atoms with Gasteiger partial charge in [-0.3, -0.25) is 4.79 Å². The standard InChI is InChI=1S/C10H17NO6/c1-10(16,5-12)4-11-8(13)6-2-3-7(17-6)9(14)15/h6-7,12,16H,2-5H2,1H3,(H,11,13)(H,14,15)/t6-,7+,10?/m0/s1. The molecule has 0 saturated carbocycles. The molecule has 1 amide bonds. The molecule has 1 fully saturated rings. The number of carbonyl (C=O) groups excluding carboxylic acids is 1. The maximum absolute atomic E-state index is 11.6. The average Bonchev–Trinajstić information content (AvgIpc) is 2.75. The SMILES string of the molecule is CC(O)(CO)CNC(=O)[C@@H]1CC[C@H](C(=O)O)O1. The number of nitrogens with one attached hydrogen (secondary N) is 1. The quantitative estimate of drug-likeness (QED) is 0.469. The number of amides is 1. The Balaban J connectivity index is 2.37. The molecule has 1 saturated heterocycles. The van der Waals surface area contributed by atoms with Gasteiger partial charge in [-0.15, -0.1) is 0 Å². The topological polar surface area (TPSA) is 116 Å². The van der Waals surface area contributed by atoms with Crippen LogP contribution in [0.5, 0.6) is 0 Å². The van der Waals surface area contributed by atoms with Crippen molar-refractivity contribution in [1.29, 1.82) is 0 Å². The van der Waals surface area contributed by atoms with Crippen molar-refractivity contribution in [2.75, 3.05) is 13.2 Å². The number of carbonyl (C=O) groups is 2. The van der Waals surface area contributed by atoms with Gasteiger partial charge in [0.1, 0.15) is 11.7 Å². The molecule has 1 aliphatic heterocycles. The van der Waals surface area contributed by atoms with Crippen molar-refractivity contribution in [3.05, 3.63) is 0 Å². The van der Waals surface area contributed by atoms with Gasteiger partial charge in [0, 0.05) is 6.54 Å². The van der Waals surface area contributed by atoms with Crippen LogP contribution in [0.15, 0.2) is 0 Å². The first-order valence-corrected chi connectivity index (χ1v) is 5.35. The Kier molecular flexibility index (Phi) is 4.44. The molecule has 0 bridgehead atoms. The molecular formula is C10H17NO6. The minimum Gasteiger partial charge on any atom is -0.479 e. The molecule has 4 N–H and O–H groups in total. The number of aliphatic hydroxyl groups is 2. The van der Waals surface area contributed by atoms with E-state index in [1.54, 1.807) is 0 Å². The fourth-order valence-electron chi connectivity index (χ4n) is 1.46. The molecule has 0 radical (unpaired) electrons. The Bertz CT molecular complexity index is 303. The van der Waals surface area contributed by atoms with Gasteiger partial charge < -0.3 is 25.4 Å². The van der Waals surface area contributed by atoms with E-state index in [1.165, 1.54) is 6.92 Å². The number of rotatable bonds is 5. The lowest BCUT2D eigenvalue weighted by molar-refractivity contribution is -0.152. The molecule has 98 valence electrons. The number of hydrogen-bond donors (Lipinski definition) is 4. The zero-order chi connectivity index (χ0) is 13.1. The van der Waals surface area contributed by atoms with E-state index in [1.807, 2.05) is 0 Å². The molecule has 3 atom stereocenters. The van der Waals surface area contributed by atoms with Crippen LogP contribution in [-0.4, -0.2) is 58.2 Å². The van der Waals surface area contributed by atoms with Gasteiger partial charge in [0.25, 0.3) is 0 Å². The van der Waals surface area contributed by atoms with Crippen molar-refractivity contribution in [2.45, 2.75) is 37.6 Å². The molecule has 0 aromatic rings. The molecule has 0 aromatic heterocycles. The number of aliphatic carboxylic acids is 1. The highest BCUT2D eigenvalue weighted by Crippen LogP contribution is 2.19. The summed E-state index contributed by atoms with van der Waals surface area (Å²) >= 11 is 0. The maximum Gasteiger partial charge on any atom is 0.332 e. The minimum absolute atomic E-state index is 0.111. The van der Waals surface area contributed by atoms with Gasteiger partial charge in [0.05, 0.1) is 6.61 Å². The first-order valence-electron chi connectivity index (χ1n) is 5.35. The second kappa shape index (κ2) is 5.44. The van der Waals surface area contributed by atoms with Crippen LogP contribution in [0.4, 0.5) is 0 Å². The minimum atomic E-state index is -1.39. The van der Waals surface area contributed by atoms with Gasteiger partial charge in [0.15, 0.2) is 6.10 Å². The number of ether oxygens (including phenoxy) is 1. The van der Waals surface area contributed by atoms with E-state index in [0.29, 0.717) is 12.8 Å². The number of hydrogen-bond acceptors (Lipinski definition) is 5. The van der Waals surface area contributed by atoms with Gasteiger partial charge in [-0.1, -0.05) is 0 Å². The van der Waals surface area contributed by atoms with Crippen LogP contribution < -0.4 is 5.32 Å². The number of aliphatic hydroxyl groups excluding tert-OH is 1. The average molecular weight is 247 g/mol. The highest BCUT2D eigenvalue weighted by Gasteiger charge is 2.35. The first kappa shape index (κ1) is 13.9. The van der Waals surface area contributed by atoms with E-state index in [9.17, 15) is 14.7 Å². The molecule has 7 heteroatoms. The Morgan fingerprint density at radius 1 is 1.41 bits per heavy atom. The lowest BCUT2D eigenvalue weighted by Gasteiger charge is -2.21. The summed E-state index contributed by atoms with van der Waals surface area (Å²) in [4.78, 5) is 22.2. The molecule has 0 aromatic carbocycles. The highest BCUT2D eigenvalue weighted by atomic mass is 16.5. The van der Waals surface area contributed by atoms with Crippen molar-refractivity contribution >= 4 is 11.9 Å². The summed E-state index contributed by atoms with van der Waals surface area (Å²) in [5, 5.41) is 29.3. The summed E-state index contributed by atoms with van der Waals surface area (Å²) in [6, 6.07) is 0. The summed E-state index contributed by atoms with van der Waals surface area (Å²) in [5.41, 5.74) is -1.39. The predicted octanol–water partition coefficient (Wildman–Crippen LogP) is -1.52. The van der Waals surface area contributed by atoms with Crippen molar-refractivity contribution in [3.63, 3.8) is 0 Å². The van der Waals surface area contributed by atoms with Crippen LogP contribution in [0, 0.1) is 0 Å². The summed E-state index contributed by atoms with van der Waals surface area (Å²) in [5.74, 6) is -1.55. The fraction of sp³-hybridized carbons (Fsp3) is 0.800. The Labute approximate surface area is 98.4 Å². The predicted molar refractivity (Wildman–Crippen MR) is 56.3 cm³/mol. The molecule has 1 rings (SSSR count). The van der Waals surface area contributed by atoms with Crippen LogP contribution in [0.2, 0.25) is 0 Å². The van der Waals surface area contributed by atoms with Crippen LogP contribution in [0.25, 0.3) is 0 Å². The molecule has 1 aliphatic rings. The van der Waals surface area contributed by atoms with Gasteiger partial charge >= 0.3 is 5.97 Å². The zero-order valence-electron chi connectivity index (χ0n) is 9.55. The molecule has 0 aliphatic carbocycles. The Hall–Kier alpha value is -1.18. The third-order valence-electron chi connectivity index (χ3n) is 2.57. The van der Waals surface area contributed by atoms with E-state index in [-0.39, 0.29) is 6.54 Å². The monoisotopic (exact) mass is 247 g/mol. The summed E-state index contributed by atoms with van der Waals surface area (Å²) in [6.45, 7) is 0.791. The van der Waals surface area contributed by atoms with Gasteiger partial charge in [-0.05, 0) is 19.8 Å². The van der Waals surface area contributed by atoms with Crippen molar-refractivity contribution in [3.8, 4) is 0 Å². The van der Waals surface area contributed by atoms with Crippen LogP contribution in [-0.2, 0) is 14.3 Å². The molecule has 1 unspecified atom stereocenters. The van der Waals surface area contributed by atoms with Crippen LogP contribution in [0.3, 0.4) is 0 Å². The second-order valence-corrected chi connectivity index (χ2v) is 4.40. The highest BCUT2D eigenvalue weighted by molar-refractivity contribution is 5.82. The molecule has 0 spiro atoms. The largest absolute Gasteiger partial charge is 0.479 e. The van der Waals surface area contributed by atoms with E-state index in [0.717, 1.165) is 0 Å². The fourth-order valence-corrected chi connectivity index (χ4v) is 1.46. The summed E-state index contributed by atoms with van der Waals surface area (Å²) in [6.07, 6.45) is -1.11. The lowest BCUT2D eigenvalue weighted by atomic mass is 10.1. The summed E-state index contributed by atoms with van der Waals surface area (Å²) < 4.78 is 5.03. The van der Waals surface area contributed by atoms with Gasteiger partial charge in [-0.2, -0.15) is 0 Å². The second-order valence-electron chi connectivity index (χ2n) is 4.40.